The van der Waals surface area contributed by atoms with Gasteiger partial charge < -0.3 is 5.32 Å². The molecule has 6 heteroatoms. The average molecular weight is 383 g/mol. The quantitative estimate of drug-likeness (QED) is 0.814. The minimum absolute atomic E-state index is 0.685. The van der Waals surface area contributed by atoms with Crippen LogP contribution >= 0.6 is 54.8 Å². The van der Waals surface area contributed by atoms with Crippen LogP contribution in [-0.4, -0.2) is 4.98 Å². The zero-order valence-electron chi connectivity index (χ0n) is 8.01. The third-order valence-corrected chi connectivity index (χ3v) is 5.50. The van der Waals surface area contributed by atoms with Crippen LogP contribution < -0.4 is 5.32 Å². The second-order valence-corrected chi connectivity index (χ2v) is 6.76. The number of nitrogens with one attached hydrogen (secondary N) is 1. The van der Waals surface area contributed by atoms with Gasteiger partial charge in [-0.1, -0.05) is 11.6 Å². The minimum Gasteiger partial charge on any atom is -0.378 e. The number of halogens is 3. The molecule has 0 saturated carbocycles. The van der Waals surface area contributed by atoms with Crippen molar-refractivity contribution in [3.8, 4) is 0 Å². The van der Waals surface area contributed by atoms with Crippen LogP contribution in [0.5, 0.6) is 0 Å². The SMILES string of the molecule is Clc1ccncc1NCc1cc(Br)c(Br)s1. The van der Waals surface area contributed by atoms with Crippen LogP contribution in [0.2, 0.25) is 5.02 Å². The Kier molecular flexibility index (Phi) is 4.24. The summed E-state index contributed by atoms with van der Waals surface area (Å²) in [7, 11) is 0. The molecule has 0 unspecified atom stereocenters. The predicted octanol–water partition coefficient (Wildman–Crippen LogP) is 4.93. The van der Waals surface area contributed by atoms with Crippen LogP contribution in [0, 0.1) is 0 Å². The zero-order chi connectivity index (χ0) is 11.5. The number of nitrogens with zero attached hydrogens (tertiary/aromatic N) is 1. The predicted molar refractivity (Wildman–Crippen MR) is 76.3 cm³/mol. The van der Waals surface area contributed by atoms with Gasteiger partial charge in [-0.25, -0.2) is 0 Å². The van der Waals surface area contributed by atoms with Crippen molar-refractivity contribution in [1.29, 1.82) is 0 Å². The molecule has 2 rings (SSSR count). The van der Waals surface area contributed by atoms with Gasteiger partial charge in [-0.3, -0.25) is 4.98 Å². The van der Waals surface area contributed by atoms with E-state index in [9.17, 15) is 0 Å². The zero-order valence-corrected chi connectivity index (χ0v) is 12.8. The Bertz CT molecular complexity index is 482. The maximum Gasteiger partial charge on any atom is 0.0843 e. The number of pyridine rings is 1. The number of anilines is 1. The second-order valence-electron chi connectivity index (χ2n) is 3.04. The summed E-state index contributed by atoms with van der Waals surface area (Å²) in [4.78, 5) is 5.24. The van der Waals surface area contributed by atoms with Gasteiger partial charge in [-0.2, -0.15) is 0 Å². The van der Waals surface area contributed by atoms with Gasteiger partial charge in [0.05, 0.1) is 20.7 Å². The first-order valence-electron chi connectivity index (χ1n) is 4.44. The van der Waals surface area contributed by atoms with E-state index in [0.29, 0.717) is 5.02 Å². The molecule has 2 aromatic rings. The smallest absolute Gasteiger partial charge is 0.0843 e. The molecule has 16 heavy (non-hydrogen) atoms. The normalized spacial score (nSPS) is 10.4. The third-order valence-electron chi connectivity index (χ3n) is 1.92. The Morgan fingerprint density at radius 3 is 2.88 bits per heavy atom. The van der Waals surface area contributed by atoms with Crippen molar-refractivity contribution in [2.75, 3.05) is 5.32 Å². The third kappa shape index (κ3) is 2.97. The molecule has 0 aliphatic heterocycles. The molecule has 0 atom stereocenters. The Hall–Kier alpha value is -0.1000. The van der Waals surface area contributed by atoms with Crippen molar-refractivity contribution in [1.82, 2.24) is 4.98 Å². The molecule has 0 spiro atoms. The minimum atomic E-state index is 0.685. The molecule has 0 aliphatic rings. The molecule has 1 N–H and O–H groups in total. The highest BCUT2D eigenvalue weighted by Gasteiger charge is 2.05. The van der Waals surface area contributed by atoms with Crippen molar-refractivity contribution in [3.63, 3.8) is 0 Å². The maximum absolute atomic E-state index is 6.01. The van der Waals surface area contributed by atoms with E-state index in [0.717, 1.165) is 20.5 Å². The molecular weight excluding hydrogens is 375 g/mol. The van der Waals surface area contributed by atoms with E-state index in [-0.39, 0.29) is 0 Å². The standard InChI is InChI=1S/C10H7Br2ClN2S/c11-7-3-6(16-10(7)12)4-15-9-5-14-2-1-8(9)13/h1-3,5,15H,4H2. The van der Waals surface area contributed by atoms with Crippen molar-refractivity contribution in [2.24, 2.45) is 0 Å². The molecule has 0 bridgehead atoms. The molecule has 0 amide bonds. The fraction of sp³-hybridized carbons (Fsp3) is 0.100. The summed E-state index contributed by atoms with van der Waals surface area (Å²) in [5.74, 6) is 0. The van der Waals surface area contributed by atoms with Gasteiger partial charge in [0.1, 0.15) is 0 Å². The molecule has 2 nitrogen and oxygen atoms in total. The van der Waals surface area contributed by atoms with Crippen molar-refractivity contribution in [2.45, 2.75) is 6.54 Å². The summed E-state index contributed by atoms with van der Waals surface area (Å²) in [5.41, 5.74) is 0.852. The lowest BCUT2D eigenvalue weighted by Crippen LogP contribution is -1.98. The van der Waals surface area contributed by atoms with Crippen LogP contribution in [0.15, 0.2) is 32.8 Å². The van der Waals surface area contributed by atoms with Crippen molar-refractivity contribution < 1.29 is 0 Å². The molecule has 0 radical (unpaired) electrons. The summed E-state index contributed by atoms with van der Waals surface area (Å²) in [5, 5.41) is 3.93. The molecule has 2 heterocycles. The monoisotopic (exact) mass is 380 g/mol. The molecule has 0 fully saturated rings. The topological polar surface area (TPSA) is 24.9 Å². The Labute approximate surface area is 119 Å². The highest BCUT2D eigenvalue weighted by Crippen LogP contribution is 2.33. The molecule has 0 aliphatic carbocycles. The lowest BCUT2D eigenvalue weighted by molar-refractivity contribution is 1.17. The van der Waals surface area contributed by atoms with Crippen LogP contribution in [-0.2, 0) is 6.54 Å². The summed E-state index contributed by atoms with van der Waals surface area (Å²) in [6.07, 6.45) is 3.39. The highest BCUT2D eigenvalue weighted by molar-refractivity contribution is 9.13. The summed E-state index contributed by atoms with van der Waals surface area (Å²) < 4.78 is 2.17. The van der Waals surface area contributed by atoms with Crippen LogP contribution in [0.4, 0.5) is 5.69 Å². The molecule has 0 saturated heterocycles. The number of hydrogen-bond acceptors (Lipinski definition) is 3. The summed E-state index contributed by atoms with van der Waals surface area (Å²) in [6, 6.07) is 3.84. The number of thiophene rings is 1. The average Bonchev–Trinajstić information content (AvgIpc) is 2.57. The lowest BCUT2D eigenvalue weighted by atomic mass is 10.4. The van der Waals surface area contributed by atoms with Gasteiger partial charge in [0.2, 0.25) is 0 Å². The summed E-state index contributed by atoms with van der Waals surface area (Å²) >= 11 is 14.6. The Balaban J connectivity index is 2.05. The largest absolute Gasteiger partial charge is 0.378 e. The van der Waals surface area contributed by atoms with E-state index in [1.807, 2.05) is 0 Å². The highest BCUT2D eigenvalue weighted by atomic mass is 79.9. The van der Waals surface area contributed by atoms with Crippen LogP contribution in [0.25, 0.3) is 0 Å². The van der Waals surface area contributed by atoms with Crippen molar-refractivity contribution >= 4 is 60.5 Å². The van der Waals surface area contributed by atoms with E-state index in [1.54, 1.807) is 29.8 Å². The first-order valence-corrected chi connectivity index (χ1v) is 7.22. The molecule has 2 aromatic heterocycles. The van der Waals surface area contributed by atoms with Gasteiger partial charge >= 0.3 is 0 Å². The molecule has 0 aromatic carbocycles. The van der Waals surface area contributed by atoms with E-state index in [2.05, 4.69) is 48.2 Å². The first-order chi connectivity index (χ1) is 7.66. The van der Waals surface area contributed by atoms with Crippen molar-refractivity contribution in [3.05, 3.63) is 42.7 Å². The molecule has 84 valence electrons. The second kappa shape index (κ2) is 5.49. The number of aromatic nitrogens is 1. The number of hydrogen-bond donors (Lipinski definition) is 1. The van der Waals surface area contributed by atoms with E-state index < -0.39 is 0 Å². The van der Waals surface area contributed by atoms with E-state index in [1.165, 1.54) is 4.88 Å². The van der Waals surface area contributed by atoms with Gasteiger partial charge in [-0.05, 0) is 44.0 Å². The Morgan fingerprint density at radius 1 is 1.44 bits per heavy atom. The number of rotatable bonds is 3. The first kappa shape index (κ1) is 12.4. The van der Waals surface area contributed by atoms with Gasteiger partial charge in [0.15, 0.2) is 0 Å². The molecular formula is C10H7Br2ClN2S. The van der Waals surface area contributed by atoms with Gasteiger partial charge in [0.25, 0.3) is 0 Å². The Morgan fingerprint density at radius 2 is 2.25 bits per heavy atom. The van der Waals surface area contributed by atoms with Gasteiger partial charge in [0, 0.05) is 22.1 Å². The maximum atomic E-state index is 6.01. The fourth-order valence-corrected chi connectivity index (χ4v) is 3.46. The van der Waals surface area contributed by atoms with Crippen LogP contribution in [0.3, 0.4) is 0 Å². The van der Waals surface area contributed by atoms with E-state index in [4.69, 9.17) is 11.6 Å². The lowest BCUT2D eigenvalue weighted by Gasteiger charge is -2.05. The fourth-order valence-electron chi connectivity index (χ4n) is 1.17. The van der Waals surface area contributed by atoms with Crippen LogP contribution in [0.1, 0.15) is 4.88 Å². The van der Waals surface area contributed by atoms with E-state index >= 15 is 0 Å². The van der Waals surface area contributed by atoms with Gasteiger partial charge in [-0.15, -0.1) is 11.3 Å². The summed E-state index contributed by atoms with van der Waals surface area (Å²) in [6.45, 7) is 0.736.